The Bertz CT molecular complexity index is 55.8. The minimum Gasteiger partial charge on any atom is -0.222 e. The summed E-state index contributed by atoms with van der Waals surface area (Å²) in [5.41, 5.74) is 1.22. The van der Waals surface area contributed by atoms with E-state index in [4.69, 9.17) is 21.8 Å². The quantitative estimate of drug-likeness (QED) is 0.366. The Morgan fingerprint density at radius 2 is 2.00 bits per heavy atom. The Morgan fingerprint density at radius 3 is 2.00 bits per heavy atom. The number of halogens is 1. The van der Waals surface area contributed by atoms with Crippen LogP contribution in [0.2, 0.25) is 0 Å². The molecule has 0 aliphatic rings. The third-order valence-corrected chi connectivity index (χ3v) is 0. The summed E-state index contributed by atoms with van der Waals surface area (Å²) in [6.07, 6.45) is 0.750. The molecule has 2 nitrogen and oxygen atoms in total. The van der Waals surface area contributed by atoms with E-state index >= 15 is 0 Å². The molecule has 0 bridgehead atoms. The van der Waals surface area contributed by atoms with Crippen molar-refractivity contribution in [2.45, 2.75) is 0 Å². The molecule has 0 spiro atoms. The molecule has 0 aliphatic carbocycles. The van der Waals surface area contributed by atoms with Gasteiger partial charge >= 0.3 is 0 Å². The lowest BCUT2D eigenvalue weighted by Crippen LogP contribution is -1.16. The van der Waals surface area contributed by atoms with Gasteiger partial charge in [-0.2, -0.15) is 0 Å². The molecule has 0 rings (SSSR count). The van der Waals surface area contributed by atoms with E-state index in [1.54, 1.807) is 0 Å². The van der Waals surface area contributed by atoms with Crippen LogP contribution in [0.15, 0.2) is 12.1 Å². The van der Waals surface area contributed by atoms with Crippen LogP contribution in [-0.2, 0) is 4.79 Å². The van der Waals surface area contributed by atoms with E-state index in [1.165, 1.54) is 5.54 Å². The first-order chi connectivity index (χ1) is 2.83. The largest absolute Gasteiger partial charge is 0.231 e. The Balaban J connectivity index is 0. The number of carbonyl (C=O) groups excluding carboxylic acids is 1. The van der Waals surface area contributed by atoms with Crippen LogP contribution >= 0.6 is 11.6 Å². The summed E-state index contributed by atoms with van der Waals surface area (Å²) in [6.45, 7) is 3.13. The summed E-state index contributed by atoms with van der Waals surface area (Å²) in [4.78, 5) is 8.35. The van der Waals surface area contributed by atoms with E-state index in [2.05, 4.69) is 6.58 Å². The second-order valence-electron chi connectivity index (χ2n) is 0.256. The summed E-state index contributed by atoms with van der Waals surface area (Å²) < 4.78 is 0. The monoisotopic (exact) mass is 105 g/mol. The number of hydrogen-bond acceptors (Lipinski definition) is 2. The third kappa shape index (κ3) is 56.9. The van der Waals surface area contributed by atoms with Crippen LogP contribution in [0.25, 0.3) is 0 Å². The summed E-state index contributed by atoms with van der Waals surface area (Å²) in [5, 5.41) is 5.40. The molecule has 0 heterocycles. The fourth-order valence-corrected chi connectivity index (χ4v) is 0. The summed E-state index contributed by atoms with van der Waals surface area (Å²) >= 11 is 4.76. The van der Waals surface area contributed by atoms with Gasteiger partial charge in [-0.15, -0.1) is 0 Å². The van der Waals surface area contributed by atoms with Crippen molar-refractivity contribution >= 4 is 17.7 Å². The second-order valence-corrected chi connectivity index (χ2v) is 0.565. The van der Waals surface area contributed by atoms with Crippen molar-refractivity contribution in [3.63, 3.8) is 0 Å². The van der Waals surface area contributed by atoms with Gasteiger partial charge in [-0.3, -0.25) is 0 Å². The molecule has 34 valence electrons. The zero-order valence-electron chi connectivity index (χ0n) is 3.07. The van der Waals surface area contributed by atoms with Crippen molar-refractivity contribution in [2.75, 3.05) is 0 Å². The Morgan fingerprint density at radius 1 is 2.00 bits per heavy atom. The number of isocyanates is 1. The van der Waals surface area contributed by atoms with Gasteiger partial charge in [0.2, 0.25) is 6.08 Å². The lowest BCUT2D eigenvalue weighted by molar-refractivity contribution is 0.563. The predicted octanol–water partition coefficient (Wildman–Crippen LogP) is 1.27. The van der Waals surface area contributed by atoms with E-state index in [-0.39, 0.29) is 0 Å². The first-order valence-corrected chi connectivity index (χ1v) is 1.52. The minimum absolute atomic E-state index is 0.750. The summed E-state index contributed by atoms with van der Waals surface area (Å²) in [7, 11) is 0. The summed E-state index contributed by atoms with van der Waals surface area (Å²) in [5.74, 6) is 0. The van der Waals surface area contributed by atoms with Crippen molar-refractivity contribution in [3.8, 4) is 0 Å². The molecular formula is C3H4ClNO. The number of nitrogens with one attached hydrogen (secondary N) is 1. The highest BCUT2D eigenvalue weighted by molar-refractivity contribution is 6.25. The molecule has 0 aliphatic heterocycles. The van der Waals surface area contributed by atoms with Gasteiger partial charge in [0.15, 0.2) is 0 Å². The van der Waals surface area contributed by atoms with Gasteiger partial charge < -0.3 is 0 Å². The van der Waals surface area contributed by atoms with Crippen LogP contribution in [-0.4, -0.2) is 6.08 Å². The van der Waals surface area contributed by atoms with Crippen LogP contribution in [0.4, 0.5) is 0 Å². The van der Waals surface area contributed by atoms with Crippen molar-refractivity contribution < 1.29 is 4.79 Å². The molecule has 0 saturated heterocycles. The van der Waals surface area contributed by atoms with Gasteiger partial charge in [0, 0.05) is 0 Å². The van der Waals surface area contributed by atoms with E-state index in [9.17, 15) is 0 Å². The molecule has 0 saturated carbocycles. The van der Waals surface area contributed by atoms with Crippen LogP contribution in [0.1, 0.15) is 0 Å². The van der Waals surface area contributed by atoms with Crippen LogP contribution in [0, 0.1) is 5.41 Å². The van der Waals surface area contributed by atoms with Gasteiger partial charge in [-0.1, -0.05) is 18.2 Å². The molecule has 6 heavy (non-hydrogen) atoms. The molecular weight excluding hydrogens is 101 g/mol. The second kappa shape index (κ2) is 25.8. The van der Waals surface area contributed by atoms with Crippen LogP contribution in [0.3, 0.4) is 0 Å². The maximum atomic E-state index is 8.35. The molecule has 0 aromatic heterocycles. The Labute approximate surface area is 40.9 Å². The molecule has 0 unspecified atom stereocenters. The minimum atomic E-state index is 0.750. The third-order valence-electron chi connectivity index (χ3n) is 0. The Kier molecular flexibility index (Phi) is 38.9. The van der Waals surface area contributed by atoms with Gasteiger partial charge in [0.05, 0.1) is 0 Å². The van der Waals surface area contributed by atoms with Crippen LogP contribution < -0.4 is 0 Å². The van der Waals surface area contributed by atoms with E-state index in [1.807, 2.05) is 0 Å². The number of hydrogen-bond donors (Lipinski definition) is 1. The van der Waals surface area contributed by atoms with Crippen molar-refractivity contribution in [2.24, 2.45) is 0 Å². The molecule has 0 amide bonds. The topological polar surface area (TPSA) is 40.9 Å². The molecule has 0 atom stereocenters. The molecule has 0 aromatic rings. The molecule has 3 heteroatoms. The number of rotatable bonds is 0. The van der Waals surface area contributed by atoms with Gasteiger partial charge in [-0.25, -0.2) is 10.2 Å². The maximum absolute atomic E-state index is 8.35. The smallest absolute Gasteiger partial charge is 0.222 e. The molecule has 0 radical (unpaired) electrons. The SMILES string of the molecule is C=CCl.N=C=O. The first-order valence-electron chi connectivity index (χ1n) is 1.08. The van der Waals surface area contributed by atoms with E-state index in [0.717, 1.165) is 6.08 Å². The van der Waals surface area contributed by atoms with E-state index < -0.39 is 0 Å². The lowest BCUT2D eigenvalue weighted by Gasteiger charge is -1.27. The first kappa shape index (κ1) is 9.05. The highest BCUT2D eigenvalue weighted by Gasteiger charge is 1.18. The fourth-order valence-electron chi connectivity index (χ4n) is 0. The average Bonchev–Trinajstić information content (AvgIpc) is 1.39. The van der Waals surface area contributed by atoms with Crippen LogP contribution in [0.5, 0.6) is 0 Å². The zero-order valence-corrected chi connectivity index (χ0v) is 3.83. The van der Waals surface area contributed by atoms with Gasteiger partial charge in [-0.05, 0) is 5.54 Å². The fraction of sp³-hybridized carbons (Fsp3) is 0. The molecule has 0 aromatic carbocycles. The van der Waals surface area contributed by atoms with Crippen molar-refractivity contribution in [1.29, 1.82) is 5.41 Å². The molecule has 1 N–H and O–H groups in total. The van der Waals surface area contributed by atoms with Crippen molar-refractivity contribution in [1.82, 2.24) is 0 Å². The Hall–Kier alpha value is -0.590. The standard InChI is InChI=1S/C2H3Cl.CHNO/c1-2-3;2-1-3/h2H,1H2;2H. The summed E-state index contributed by atoms with van der Waals surface area (Å²) in [6, 6.07) is 0. The van der Waals surface area contributed by atoms with Gasteiger partial charge in [0.1, 0.15) is 0 Å². The highest BCUT2D eigenvalue weighted by atomic mass is 35.5. The molecule has 0 fully saturated rings. The lowest BCUT2D eigenvalue weighted by atomic mass is 11.3. The normalized spacial score (nSPS) is 3.50. The highest BCUT2D eigenvalue weighted by Crippen LogP contribution is 1.60. The van der Waals surface area contributed by atoms with Gasteiger partial charge in [0.25, 0.3) is 0 Å². The predicted molar refractivity (Wildman–Crippen MR) is 24.5 cm³/mol. The maximum Gasteiger partial charge on any atom is 0.231 e. The zero-order chi connectivity index (χ0) is 5.41. The average molecular weight is 106 g/mol. The van der Waals surface area contributed by atoms with E-state index in [0.29, 0.717) is 0 Å². The van der Waals surface area contributed by atoms with Crippen molar-refractivity contribution in [3.05, 3.63) is 12.1 Å².